The average molecular weight is 342 g/mol. The lowest BCUT2D eigenvalue weighted by molar-refractivity contribution is -0.126. The zero-order valence-electron chi connectivity index (χ0n) is 15.7. The van der Waals surface area contributed by atoms with E-state index < -0.39 is 6.04 Å². The van der Waals surface area contributed by atoms with Gasteiger partial charge in [-0.2, -0.15) is 0 Å². The number of ketones is 1. The molecule has 7 nitrogen and oxygen atoms in total. The number of unbranched alkanes of at least 4 members (excludes halogenated alkanes) is 1. The molecule has 0 saturated heterocycles. The third-order valence-electron chi connectivity index (χ3n) is 3.41. The van der Waals surface area contributed by atoms with Gasteiger partial charge in [0, 0.05) is 18.6 Å². The fraction of sp³-hybridized carbons (Fsp3) is 0.824. The van der Waals surface area contributed by atoms with E-state index >= 15 is 0 Å². The second-order valence-corrected chi connectivity index (χ2v) is 6.65. The van der Waals surface area contributed by atoms with Crippen LogP contribution < -0.4 is 21.3 Å². The summed E-state index contributed by atoms with van der Waals surface area (Å²) in [4.78, 5) is 34.9. The number of nitrogens with one attached hydrogen (secondary N) is 4. The molecule has 7 heteroatoms. The summed E-state index contributed by atoms with van der Waals surface area (Å²) in [6.45, 7) is 10.5. The lowest BCUT2D eigenvalue weighted by atomic mass is 10.1. The van der Waals surface area contributed by atoms with Gasteiger partial charge in [-0.15, -0.1) is 0 Å². The molecule has 0 unspecified atom stereocenters. The lowest BCUT2D eigenvalue weighted by Gasteiger charge is -2.17. The van der Waals surface area contributed by atoms with Crippen LogP contribution >= 0.6 is 0 Å². The summed E-state index contributed by atoms with van der Waals surface area (Å²) in [5.41, 5.74) is 0. The molecule has 0 aromatic heterocycles. The molecule has 0 aliphatic heterocycles. The Labute approximate surface area is 145 Å². The summed E-state index contributed by atoms with van der Waals surface area (Å²) in [5, 5.41) is 11.7. The molecule has 0 aromatic carbocycles. The smallest absolute Gasteiger partial charge is 0.234 e. The van der Waals surface area contributed by atoms with Crippen LogP contribution in [0.15, 0.2) is 0 Å². The van der Waals surface area contributed by atoms with Gasteiger partial charge in [0.2, 0.25) is 11.8 Å². The Morgan fingerprint density at radius 1 is 0.833 bits per heavy atom. The van der Waals surface area contributed by atoms with Crippen LogP contribution in [0.5, 0.6) is 0 Å². The molecule has 0 bridgehead atoms. The Hall–Kier alpha value is -1.47. The molecule has 0 fully saturated rings. The van der Waals surface area contributed by atoms with Crippen LogP contribution in [0.25, 0.3) is 0 Å². The average Bonchev–Trinajstić information content (AvgIpc) is 2.49. The maximum Gasteiger partial charge on any atom is 0.234 e. The van der Waals surface area contributed by atoms with E-state index in [1.165, 1.54) is 6.92 Å². The summed E-state index contributed by atoms with van der Waals surface area (Å²) >= 11 is 0. The molecule has 24 heavy (non-hydrogen) atoms. The van der Waals surface area contributed by atoms with E-state index in [0.717, 1.165) is 12.8 Å². The van der Waals surface area contributed by atoms with Crippen LogP contribution in [0.4, 0.5) is 0 Å². The Balaban J connectivity index is 3.91. The van der Waals surface area contributed by atoms with Crippen molar-refractivity contribution in [1.29, 1.82) is 0 Å². The van der Waals surface area contributed by atoms with Crippen LogP contribution in [0.2, 0.25) is 0 Å². The van der Waals surface area contributed by atoms with Crippen molar-refractivity contribution in [3.8, 4) is 0 Å². The standard InChI is InChI=1S/C17H34N4O3/c1-12(2)19-10-16(23)18-9-7-6-8-15(14(5)22)21-17(24)11-20-13(3)4/h12-13,15,19-20H,6-11H2,1-5H3,(H,18,23)(H,21,24)/t15-/m0/s1. The SMILES string of the molecule is CC(=O)[C@H](CCCCNC(=O)CNC(C)C)NC(=O)CNC(C)C. The topological polar surface area (TPSA) is 99.3 Å². The van der Waals surface area contributed by atoms with Gasteiger partial charge in [-0.3, -0.25) is 14.4 Å². The van der Waals surface area contributed by atoms with Crippen molar-refractivity contribution in [3.63, 3.8) is 0 Å². The number of carbonyl (C=O) groups is 3. The van der Waals surface area contributed by atoms with Crippen molar-refractivity contribution < 1.29 is 14.4 Å². The largest absolute Gasteiger partial charge is 0.355 e. The maximum atomic E-state index is 11.8. The van der Waals surface area contributed by atoms with Gasteiger partial charge in [-0.1, -0.05) is 27.7 Å². The highest BCUT2D eigenvalue weighted by Gasteiger charge is 2.16. The molecule has 0 rings (SSSR count). The van der Waals surface area contributed by atoms with Crippen LogP contribution in [-0.4, -0.2) is 55.4 Å². The molecular formula is C17H34N4O3. The molecule has 0 aliphatic carbocycles. The van der Waals surface area contributed by atoms with E-state index in [2.05, 4.69) is 21.3 Å². The second kappa shape index (κ2) is 12.9. The Morgan fingerprint density at radius 3 is 1.88 bits per heavy atom. The number of Topliss-reactive ketones (excluding diaryl/α,β-unsaturated/α-hetero) is 1. The molecule has 0 saturated carbocycles. The van der Waals surface area contributed by atoms with Crippen molar-refractivity contribution in [2.45, 2.75) is 72.0 Å². The third-order valence-corrected chi connectivity index (χ3v) is 3.41. The van der Waals surface area contributed by atoms with E-state index in [9.17, 15) is 14.4 Å². The van der Waals surface area contributed by atoms with Gasteiger partial charge in [0.25, 0.3) is 0 Å². The highest BCUT2D eigenvalue weighted by atomic mass is 16.2. The first-order valence-electron chi connectivity index (χ1n) is 8.75. The van der Waals surface area contributed by atoms with Crippen LogP contribution in [0.3, 0.4) is 0 Å². The normalized spacial score (nSPS) is 12.3. The van der Waals surface area contributed by atoms with Crippen molar-refractivity contribution in [3.05, 3.63) is 0 Å². The summed E-state index contributed by atoms with van der Waals surface area (Å²) < 4.78 is 0. The summed E-state index contributed by atoms with van der Waals surface area (Å²) in [6, 6.07) is 0.0472. The molecule has 0 radical (unpaired) electrons. The maximum absolute atomic E-state index is 11.8. The number of rotatable bonds is 13. The van der Waals surface area contributed by atoms with E-state index in [4.69, 9.17) is 0 Å². The number of hydrogen-bond acceptors (Lipinski definition) is 5. The predicted octanol–water partition coefficient (Wildman–Crippen LogP) is 0.343. The van der Waals surface area contributed by atoms with Gasteiger partial charge < -0.3 is 21.3 Å². The van der Waals surface area contributed by atoms with Crippen LogP contribution in [0.1, 0.15) is 53.9 Å². The van der Waals surface area contributed by atoms with Gasteiger partial charge in [-0.05, 0) is 26.2 Å². The van der Waals surface area contributed by atoms with Gasteiger partial charge >= 0.3 is 0 Å². The Morgan fingerprint density at radius 2 is 1.38 bits per heavy atom. The first-order valence-corrected chi connectivity index (χ1v) is 8.75. The monoisotopic (exact) mass is 342 g/mol. The zero-order valence-corrected chi connectivity index (χ0v) is 15.7. The molecule has 0 aromatic rings. The zero-order chi connectivity index (χ0) is 18.5. The third kappa shape index (κ3) is 13.0. The minimum Gasteiger partial charge on any atom is -0.355 e. The lowest BCUT2D eigenvalue weighted by Crippen LogP contribution is -2.45. The summed E-state index contributed by atoms with van der Waals surface area (Å²) in [5.74, 6) is -0.241. The molecule has 0 spiro atoms. The van der Waals surface area contributed by atoms with Gasteiger partial charge in [0.05, 0.1) is 19.1 Å². The second-order valence-electron chi connectivity index (χ2n) is 6.65. The van der Waals surface area contributed by atoms with Crippen molar-refractivity contribution in [1.82, 2.24) is 21.3 Å². The highest BCUT2D eigenvalue weighted by Crippen LogP contribution is 2.02. The van der Waals surface area contributed by atoms with Crippen molar-refractivity contribution in [2.75, 3.05) is 19.6 Å². The first-order chi connectivity index (χ1) is 11.2. The van der Waals surface area contributed by atoms with E-state index in [-0.39, 0.29) is 36.2 Å². The minimum atomic E-state index is -0.454. The number of amides is 2. The van der Waals surface area contributed by atoms with E-state index in [1.54, 1.807) is 0 Å². The Kier molecular flexibility index (Phi) is 12.1. The van der Waals surface area contributed by atoms with E-state index in [0.29, 0.717) is 19.5 Å². The van der Waals surface area contributed by atoms with Crippen molar-refractivity contribution >= 4 is 17.6 Å². The quantitative estimate of drug-likeness (QED) is 0.362. The molecule has 2 amide bonds. The first kappa shape index (κ1) is 22.5. The number of carbonyl (C=O) groups excluding carboxylic acids is 3. The highest BCUT2D eigenvalue weighted by molar-refractivity contribution is 5.88. The van der Waals surface area contributed by atoms with Gasteiger partial charge in [0.15, 0.2) is 5.78 Å². The number of hydrogen-bond donors (Lipinski definition) is 4. The molecule has 140 valence electrons. The molecule has 4 N–H and O–H groups in total. The predicted molar refractivity (Wildman–Crippen MR) is 95.7 cm³/mol. The molecular weight excluding hydrogens is 308 g/mol. The van der Waals surface area contributed by atoms with E-state index in [1.807, 2.05) is 27.7 Å². The minimum absolute atomic E-state index is 0.0279. The fourth-order valence-electron chi connectivity index (χ4n) is 1.98. The molecule has 0 aliphatic rings. The van der Waals surface area contributed by atoms with Crippen LogP contribution in [-0.2, 0) is 14.4 Å². The van der Waals surface area contributed by atoms with Gasteiger partial charge in [0.1, 0.15) is 0 Å². The summed E-state index contributed by atoms with van der Waals surface area (Å²) in [7, 11) is 0. The van der Waals surface area contributed by atoms with Crippen LogP contribution in [0, 0.1) is 0 Å². The fourth-order valence-corrected chi connectivity index (χ4v) is 1.98. The van der Waals surface area contributed by atoms with Crippen molar-refractivity contribution in [2.24, 2.45) is 0 Å². The van der Waals surface area contributed by atoms with Gasteiger partial charge in [-0.25, -0.2) is 0 Å². The Bertz CT molecular complexity index is 397. The molecule has 0 heterocycles. The summed E-state index contributed by atoms with van der Waals surface area (Å²) in [6.07, 6.45) is 2.13. The molecule has 1 atom stereocenters.